The normalized spacial score (nSPS) is 16.8. The van der Waals surface area contributed by atoms with Gasteiger partial charge in [-0.3, -0.25) is 4.79 Å². The SMILES string of the molecule is CCCC(=O)Cc1nc(C2Cc3ccccc32)no1. The quantitative estimate of drug-likeness (QED) is 0.825. The fraction of sp³-hybridized carbons (Fsp3) is 0.400. The van der Waals surface area contributed by atoms with Gasteiger partial charge in [0, 0.05) is 6.42 Å². The first-order valence-electron chi connectivity index (χ1n) is 6.70. The van der Waals surface area contributed by atoms with Crippen LogP contribution in [0.3, 0.4) is 0 Å². The molecule has 1 aromatic heterocycles. The standard InChI is InChI=1S/C15H16N2O2/c1-2-5-11(18)9-14-16-15(17-19-14)13-8-10-6-3-4-7-12(10)13/h3-4,6-7,13H,2,5,8-9H2,1H3. The molecule has 0 amide bonds. The predicted octanol–water partition coefficient (Wildman–Crippen LogP) is 2.67. The number of aromatic nitrogens is 2. The summed E-state index contributed by atoms with van der Waals surface area (Å²) in [4.78, 5) is 15.9. The number of rotatable bonds is 5. The van der Waals surface area contributed by atoms with E-state index in [0.29, 0.717) is 18.1 Å². The van der Waals surface area contributed by atoms with Crippen molar-refractivity contribution in [3.05, 3.63) is 47.1 Å². The van der Waals surface area contributed by atoms with Crippen molar-refractivity contribution in [3.63, 3.8) is 0 Å². The Morgan fingerprint density at radius 3 is 3.05 bits per heavy atom. The average Bonchev–Trinajstić information content (AvgIpc) is 2.79. The van der Waals surface area contributed by atoms with Crippen molar-refractivity contribution in [3.8, 4) is 0 Å². The maximum atomic E-state index is 11.5. The van der Waals surface area contributed by atoms with Gasteiger partial charge in [0.25, 0.3) is 0 Å². The van der Waals surface area contributed by atoms with Crippen molar-refractivity contribution in [1.29, 1.82) is 0 Å². The zero-order valence-electron chi connectivity index (χ0n) is 10.9. The summed E-state index contributed by atoms with van der Waals surface area (Å²) in [6, 6.07) is 8.29. The number of fused-ring (bicyclic) bond motifs is 1. The first-order valence-corrected chi connectivity index (χ1v) is 6.70. The summed E-state index contributed by atoms with van der Waals surface area (Å²) in [7, 11) is 0. The third kappa shape index (κ3) is 2.30. The molecule has 19 heavy (non-hydrogen) atoms. The van der Waals surface area contributed by atoms with Crippen LogP contribution in [0.15, 0.2) is 28.8 Å². The van der Waals surface area contributed by atoms with Gasteiger partial charge in [0.1, 0.15) is 5.78 Å². The second-order valence-corrected chi connectivity index (χ2v) is 4.97. The average molecular weight is 256 g/mol. The van der Waals surface area contributed by atoms with Crippen molar-refractivity contribution < 1.29 is 9.32 Å². The first kappa shape index (κ1) is 12.1. The molecule has 0 aliphatic heterocycles. The van der Waals surface area contributed by atoms with E-state index in [1.54, 1.807) is 0 Å². The molecule has 1 aromatic carbocycles. The summed E-state index contributed by atoms with van der Waals surface area (Å²) in [5, 5.41) is 4.01. The van der Waals surface area contributed by atoms with Crippen molar-refractivity contribution in [2.24, 2.45) is 0 Å². The first-order chi connectivity index (χ1) is 9.28. The zero-order chi connectivity index (χ0) is 13.2. The number of hydrogen-bond donors (Lipinski definition) is 0. The number of Topliss-reactive ketones (excluding diaryl/α,β-unsaturated/α-hetero) is 1. The molecular weight excluding hydrogens is 240 g/mol. The second-order valence-electron chi connectivity index (χ2n) is 4.97. The number of ketones is 1. The van der Waals surface area contributed by atoms with E-state index in [-0.39, 0.29) is 18.1 Å². The lowest BCUT2D eigenvalue weighted by molar-refractivity contribution is -0.118. The Bertz CT molecular complexity index is 604. The number of nitrogens with zero attached hydrogens (tertiary/aromatic N) is 2. The summed E-state index contributed by atoms with van der Waals surface area (Å²) in [5.74, 6) is 1.54. The number of hydrogen-bond acceptors (Lipinski definition) is 4. The number of carbonyl (C=O) groups is 1. The molecule has 4 heteroatoms. The Morgan fingerprint density at radius 1 is 1.42 bits per heavy atom. The third-order valence-corrected chi connectivity index (χ3v) is 3.53. The third-order valence-electron chi connectivity index (χ3n) is 3.53. The molecule has 2 aromatic rings. The fourth-order valence-corrected chi connectivity index (χ4v) is 2.51. The molecule has 0 saturated heterocycles. The molecule has 1 heterocycles. The molecule has 0 N–H and O–H groups in total. The topological polar surface area (TPSA) is 56.0 Å². The minimum absolute atomic E-state index is 0.159. The Hall–Kier alpha value is -1.97. The highest BCUT2D eigenvalue weighted by Crippen LogP contribution is 2.38. The maximum absolute atomic E-state index is 11.5. The van der Waals surface area contributed by atoms with E-state index in [1.807, 2.05) is 19.1 Å². The Balaban J connectivity index is 1.72. The van der Waals surface area contributed by atoms with Crippen LogP contribution in [0.5, 0.6) is 0 Å². The summed E-state index contributed by atoms with van der Waals surface area (Å²) in [6.45, 7) is 1.99. The van der Waals surface area contributed by atoms with Crippen LogP contribution >= 0.6 is 0 Å². The van der Waals surface area contributed by atoms with Crippen LogP contribution in [0.4, 0.5) is 0 Å². The second kappa shape index (κ2) is 4.96. The lowest BCUT2D eigenvalue weighted by Gasteiger charge is -2.27. The summed E-state index contributed by atoms with van der Waals surface area (Å²) < 4.78 is 5.17. The van der Waals surface area contributed by atoms with Crippen LogP contribution in [0.2, 0.25) is 0 Å². The molecule has 1 aliphatic carbocycles. The van der Waals surface area contributed by atoms with Crippen LogP contribution in [-0.2, 0) is 17.6 Å². The van der Waals surface area contributed by atoms with Gasteiger partial charge >= 0.3 is 0 Å². The zero-order valence-corrected chi connectivity index (χ0v) is 10.9. The summed E-state index contributed by atoms with van der Waals surface area (Å²) in [5.41, 5.74) is 2.62. The van der Waals surface area contributed by atoms with E-state index >= 15 is 0 Å². The highest BCUT2D eigenvalue weighted by molar-refractivity contribution is 5.79. The number of benzene rings is 1. The highest BCUT2D eigenvalue weighted by Gasteiger charge is 2.31. The minimum Gasteiger partial charge on any atom is -0.339 e. The summed E-state index contributed by atoms with van der Waals surface area (Å²) in [6.07, 6.45) is 2.65. The molecule has 1 aliphatic rings. The largest absolute Gasteiger partial charge is 0.339 e. The van der Waals surface area contributed by atoms with Crippen LogP contribution in [-0.4, -0.2) is 15.9 Å². The monoisotopic (exact) mass is 256 g/mol. The van der Waals surface area contributed by atoms with E-state index in [4.69, 9.17) is 4.52 Å². The Kier molecular flexibility index (Phi) is 3.15. The molecule has 3 rings (SSSR count). The van der Waals surface area contributed by atoms with Gasteiger partial charge in [-0.1, -0.05) is 36.3 Å². The van der Waals surface area contributed by atoms with Crippen molar-refractivity contribution in [2.75, 3.05) is 0 Å². The van der Waals surface area contributed by atoms with Gasteiger partial charge in [-0.15, -0.1) is 0 Å². The van der Waals surface area contributed by atoms with E-state index in [2.05, 4.69) is 22.3 Å². The van der Waals surface area contributed by atoms with Crippen LogP contribution in [0.1, 0.15) is 48.5 Å². The van der Waals surface area contributed by atoms with Crippen molar-refractivity contribution in [1.82, 2.24) is 10.1 Å². The molecule has 1 unspecified atom stereocenters. The van der Waals surface area contributed by atoms with Gasteiger partial charge in [0.15, 0.2) is 5.82 Å². The minimum atomic E-state index is 0.159. The van der Waals surface area contributed by atoms with Gasteiger partial charge in [0.05, 0.1) is 12.3 Å². The van der Waals surface area contributed by atoms with Gasteiger partial charge in [-0.05, 0) is 24.0 Å². The molecule has 0 saturated carbocycles. The molecule has 0 fully saturated rings. The van der Waals surface area contributed by atoms with E-state index in [1.165, 1.54) is 11.1 Å². The fourth-order valence-electron chi connectivity index (χ4n) is 2.51. The van der Waals surface area contributed by atoms with E-state index < -0.39 is 0 Å². The lowest BCUT2D eigenvalue weighted by atomic mass is 9.77. The summed E-state index contributed by atoms with van der Waals surface area (Å²) >= 11 is 0. The molecule has 1 atom stereocenters. The molecule has 0 bridgehead atoms. The van der Waals surface area contributed by atoms with Gasteiger partial charge in [-0.2, -0.15) is 4.98 Å². The molecular formula is C15H16N2O2. The molecule has 0 radical (unpaired) electrons. The van der Waals surface area contributed by atoms with Crippen molar-refractivity contribution >= 4 is 5.78 Å². The van der Waals surface area contributed by atoms with Crippen LogP contribution < -0.4 is 0 Å². The number of carbonyl (C=O) groups excluding carboxylic acids is 1. The van der Waals surface area contributed by atoms with E-state index in [0.717, 1.165) is 12.8 Å². The maximum Gasteiger partial charge on any atom is 0.234 e. The van der Waals surface area contributed by atoms with Crippen molar-refractivity contribution in [2.45, 2.75) is 38.5 Å². The van der Waals surface area contributed by atoms with Gasteiger partial charge < -0.3 is 4.52 Å². The van der Waals surface area contributed by atoms with E-state index in [9.17, 15) is 4.79 Å². The predicted molar refractivity (Wildman–Crippen MR) is 69.9 cm³/mol. The molecule has 98 valence electrons. The van der Waals surface area contributed by atoms with Gasteiger partial charge in [0.2, 0.25) is 5.89 Å². The van der Waals surface area contributed by atoms with Gasteiger partial charge in [-0.25, -0.2) is 0 Å². The smallest absolute Gasteiger partial charge is 0.234 e. The molecule has 4 nitrogen and oxygen atoms in total. The van der Waals surface area contributed by atoms with Crippen LogP contribution in [0, 0.1) is 0 Å². The molecule has 0 spiro atoms. The highest BCUT2D eigenvalue weighted by atomic mass is 16.5. The lowest BCUT2D eigenvalue weighted by Crippen LogP contribution is -2.19. The van der Waals surface area contributed by atoms with Crippen LogP contribution in [0.25, 0.3) is 0 Å². The Morgan fingerprint density at radius 2 is 2.26 bits per heavy atom. The Labute approximate surface area is 111 Å².